The maximum atomic E-state index is 12.3. The minimum absolute atomic E-state index is 0.0923. The second-order valence-electron chi connectivity index (χ2n) is 5.21. The molecule has 6 heteroatoms. The van der Waals surface area contributed by atoms with Gasteiger partial charge in [0.1, 0.15) is 11.6 Å². The maximum Gasteiger partial charge on any atom is 0.340 e. The number of nitriles is 1. The molecule has 0 aliphatic rings. The summed E-state index contributed by atoms with van der Waals surface area (Å²) < 4.78 is 5.03. The summed E-state index contributed by atoms with van der Waals surface area (Å²) in [4.78, 5) is 24.2. The van der Waals surface area contributed by atoms with Crippen LogP contribution < -0.4 is 11.1 Å². The van der Waals surface area contributed by atoms with Crippen molar-refractivity contribution in [1.82, 2.24) is 0 Å². The van der Waals surface area contributed by atoms with Crippen molar-refractivity contribution in [2.24, 2.45) is 5.73 Å². The van der Waals surface area contributed by atoms with E-state index in [1.165, 1.54) is 6.92 Å². The average molecular weight is 335 g/mol. The lowest BCUT2D eigenvalue weighted by Gasteiger charge is -2.11. The summed E-state index contributed by atoms with van der Waals surface area (Å²) in [6.45, 7) is 0.896. The van der Waals surface area contributed by atoms with E-state index in [0.29, 0.717) is 5.69 Å². The van der Waals surface area contributed by atoms with Crippen molar-refractivity contribution in [1.29, 1.82) is 5.26 Å². The number of benzene rings is 2. The first-order valence-corrected chi connectivity index (χ1v) is 7.50. The van der Waals surface area contributed by atoms with Crippen molar-refractivity contribution >= 4 is 23.1 Å². The molecule has 0 unspecified atom stereocenters. The van der Waals surface area contributed by atoms with Crippen LogP contribution in [0.4, 0.5) is 11.4 Å². The van der Waals surface area contributed by atoms with Crippen LogP contribution in [0.25, 0.3) is 0 Å². The highest BCUT2D eigenvalue weighted by atomic mass is 16.5. The Kier molecular flexibility index (Phi) is 5.91. The molecule has 2 aromatic rings. The van der Waals surface area contributed by atoms with Gasteiger partial charge in [-0.1, -0.05) is 30.3 Å². The second-order valence-corrected chi connectivity index (χ2v) is 5.21. The van der Waals surface area contributed by atoms with Crippen molar-refractivity contribution in [2.45, 2.75) is 6.92 Å². The summed E-state index contributed by atoms with van der Waals surface area (Å²) in [5.41, 5.74) is 7.00. The normalized spacial score (nSPS) is 11.0. The Morgan fingerprint density at radius 2 is 1.76 bits per heavy atom. The number of ketones is 1. The number of nitrogens with one attached hydrogen (secondary N) is 1. The summed E-state index contributed by atoms with van der Waals surface area (Å²) in [6, 6.07) is 17.8. The predicted molar refractivity (Wildman–Crippen MR) is 94.0 cm³/mol. The first kappa shape index (κ1) is 17.8. The highest BCUT2D eigenvalue weighted by Gasteiger charge is 2.17. The monoisotopic (exact) mass is 335 g/mol. The molecule has 3 N–H and O–H groups in total. The van der Waals surface area contributed by atoms with Crippen LogP contribution in [0.2, 0.25) is 0 Å². The van der Waals surface area contributed by atoms with Gasteiger partial charge in [0.15, 0.2) is 6.61 Å². The number of carbonyl (C=O) groups is 2. The number of anilines is 2. The van der Waals surface area contributed by atoms with Gasteiger partial charge in [-0.05, 0) is 31.2 Å². The van der Waals surface area contributed by atoms with Crippen LogP contribution >= 0.6 is 0 Å². The summed E-state index contributed by atoms with van der Waals surface area (Å²) in [7, 11) is 0. The number of ether oxygens (including phenoxy) is 1. The van der Waals surface area contributed by atoms with E-state index in [4.69, 9.17) is 15.7 Å². The number of Topliss-reactive ketones (excluding diaryl/α,β-unsaturated/α-hetero) is 1. The van der Waals surface area contributed by atoms with Crippen LogP contribution in [0.5, 0.6) is 0 Å². The zero-order valence-corrected chi connectivity index (χ0v) is 13.7. The topological polar surface area (TPSA) is 105 Å². The van der Waals surface area contributed by atoms with E-state index in [9.17, 15) is 9.59 Å². The third-order valence-corrected chi connectivity index (χ3v) is 3.32. The smallest absolute Gasteiger partial charge is 0.340 e. The van der Waals surface area contributed by atoms with Gasteiger partial charge in [0.2, 0.25) is 5.78 Å². The number of hydrogen-bond acceptors (Lipinski definition) is 6. The van der Waals surface area contributed by atoms with Gasteiger partial charge in [0, 0.05) is 11.4 Å². The van der Waals surface area contributed by atoms with Crippen LogP contribution in [0, 0.1) is 11.3 Å². The number of rotatable bonds is 6. The van der Waals surface area contributed by atoms with E-state index in [1.807, 2.05) is 30.3 Å². The van der Waals surface area contributed by atoms with Crippen molar-refractivity contribution in [3.8, 4) is 6.07 Å². The van der Waals surface area contributed by atoms with Crippen LogP contribution in [-0.2, 0) is 9.53 Å². The van der Waals surface area contributed by atoms with Gasteiger partial charge in [-0.15, -0.1) is 0 Å². The van der Waals surface area contributed by atoms with Crippen LogP contribution in [0.15, 0.2) is 65.9 Å². The first-order valence-electron chi connectivity index (χ1n) is 7.50. The largest absolute Gasteiger partial charge is 0.454 e. The summed E-state index contributed by atoms with van der Waals surface area (Å²) >= 11 is 0. The van der Waals surface area contributed by atoms with E-state index in [2.05, 4.69) is 5.32 Å². The summed E-state index contributed by atoms with van der Waals surface area (Å²) in [6.07, 6.45) is 0. The van der Waals surface area contributed by atoms with Crippen molar-refractivity contribution in [3.05, 3.63) is 71.4 Å². The molecule has 0 atom stereocenters. The molecule has 0 bridgehead atoms. The van der Waals surface area contributed by atoms with E-state index in [-0.39, 0.29) is 16.8 Å². The molecule has 0 aliphatic carbocycles. The van der Waals surface area contributed by atoms with E-state index >= 15 is 0 Å². The fraction of sp³-hybridized carbons (Fsp3) is 0.105. The fourth-order valence-corrected chi connectivity index (χ4v) is 2.10. The molecule has 0 spiro atoms. The quantitative estimate of drug-likeness (QED) is 0.478. The van der Waals surface area contributed by atoms with Gasteiger partial charge in [-0.3, -0.25) is 4.79 Å². The number of nitrogens with zero attached hydrogens (tertiary/aromatic N) is 1. The highest BCUT2D eigenvalue weighted by molar-refractivity contribution is 6.03. The minimum Gasteiger partial charge on any atom is -0.454 e. The minimum atomic E-state index is -0.667. The molecule has 126 valence electrons. The number of esters is 1. The van der Waals surface area contributed by atoms with Crippen molar-refractivity contribution in [3.63, 3.8) is 0 Å². The van der Waals surface area contributed by atoms with Crippen molar-refractivity contribution < 1.29 is 14.3 Å². The summed E-state index contributed by atoms with van der Waals surface area (Å²) in [5.74, 6) is -1.30. The number of carbonyl (C=O) groups excluding carboxylic acids is 2. The van der Waals surface area contributed by atoms with Gasteiger partial charge in [-0.25, -0.2) is 4.79 Å². The van der Waals surface area contributed by atoms with Crippen molar-refractivity contribution in [2.75, 3.05) is 11.9 Å². The Bertz CT molecular complexity index is 848. The second kappa shape index (κ2) is 8.31. The SMILES string of the molecule is CC(N)=C(C#N)C(=O)COC(=O)c1ccccc1Nc1ccccc1. The molecule has 0 aliphatic heterocycles. The predicted octanol–water partition coefficient (Wildman–Crippen LogP) is 2.91. The zero-order chi connectivity index (χ0) is 18.2. The molecule has 0 heterocycles. The first-order chi connectivity index (χ1) is 12.0. The van der Waals surface area contributed by atoms with Gasteiger partial charge in [-0.2, -0.15) is 5.26 Å². The molecule has 0 fully saturated rings. The number of para-hydroxylation sites is 2. The van der Waals surface area contributed by atoms with Crippen LogP contribution in [0.3, 0.4) is 0 Å². The molecule has 0 radical (unpaired) electrons. The number of nitrogens with two attached hydrogens (primary N) is 1. The van der Waals surface area contributed by atoms with Crippen LogP contribution in [-0.4, -0.2) is 18.4 Å². The molecular weight excluding hydrogens is 318 g/mol. The lowest BCUT2D eigenvalue weighted by Crippen LogP contribution is -2.18. The Labute approximate surface area is 145 Å². The van der Waals surface area contributed by atoms with Crippen LogP contribution in [0.1, 0.15) is 17.3 Å². The third kappa shape index (κ3) is 4.69. The molecule has 6 nitrogen and oxygen atoms in total. The Morgan fingerprint density at radius 1 is 1.12 bits per heavy atom. The third-order valence-electron chi connectivity index (χ3n) is 3.32. The van der Waals surface area contributed by atoms with Gasteiger partial charge >= 0.3 is 5.97 Å². The molecular formula is C19H17N3O3. The van der Waals surface area contributed by atoms with E-state index in [0.717, 1.165) is 5.69 Å². The number of allylic oxidation sites excluding steroid dienone is 1. The average Bonchev–Trinajstić information content (AvgIpc) is 2.61. The van der Waals surface area contributed by atoms with Gasteiger partial charge in [0.25, 0.3) is 0 Å². The fourth-order valence-electron chi connectivity index (χ4n) is 2.10. The van der Waals surface area contributed by atoms with Gasteiger partial charge < -0.3 is 15.8 Å². The molecule has 0 saturated carbocycles. The zero-order valence-electron chi connectivity index (χ0n) is 13.7. The lowest BCUT2D eigenvalue weighted by atomic mass is 10.1. The molecule has 25 heavy (non-hydrogen) atoms. The maximum absolute atomic E-state index is 12.3. The van der Waals surface area contributed by atoms with Gasteiger partial charge in [0.05, 0.1) is 11.3 Å². The molecule has 0 saturated heterocycles. The molecule has 2 rings (SSSR count). The lowest BCUT2D eigenvalue weighted by molar-refractivity contribution is -0.118. The number of hydrogen-bond donors (Lipinski definition) is 2. The molecule has 0 aromatic heterocycles. The molecule has 2 aromatic carbocycles. The Balaban J connectivity index is 2.11. The molecule has 0 amide bonds. The van der Waals surface area contributed by atoms with E-state index in [1.54, 1.807) is 30.3 Å². The van der Waals surface area contributed by atoms with E-state index < -0.39 is 18.4 Å². The summed E-state index contributed by atoms with van der Waals surface area (Å²) in [5, 5.41) is 12.0. The Hall–Kier alpha value is -3.59. The highest BCUT2D eigenvalue weighted by Crippen LogP contribution is 2.21. The Morgan fingerprint density at radius 3 is 2.40 bits per heavy atom. The standard InChI is InChI=1S/C19H17N3O3/c1-13(21)16(11-20)18(23)12-25-19(24)15-9-5-6-10-17(15)22-14-7-3-2-4-8-14/h2-10,22H,12,21H2,1H3.